The third-order valence-electron chi connectivity index (χ3n) is 4.09. The van der Waals surface area contributed by atoms with Gasteiger partial charge in [0.2, 0.25) is 5.91 Å². The first kappa shape index (κ1) is 15.8. The van der Waals surface area contributed by atoms with E-state index in [2.05, 4.69) is 26.0 Å². The Hall–Kier alpha value is -3.04. The highest BCUT2D eigenvalue weighted by molar-refractivity contribution is 5.80. The molecule has 0 bridgehead atoms. The van der Waals surface area contributed by atoms with Crippen LogP contribution in [0.15, 0.2) is 39.7 Å². The summed E-state index contributed by atoms with van der Waals surface area (Å²) < 4.78 is 0. The van der Waals surface area contributed by atoms with Crippen molar-refractivity contribution in [1.82, 2.24) is 4.90 Å². The van der Waals surface area contributed by atoms with Gasteiger partial charge in [0, 0.05) is 6.54 Å². The number of carbonyl (C=O) groups excluding carboxylic acids is 1. The number of azo groups is 1. The van der Waals surface area contributed by atoms with E-state index in [4.69, 9.17) is 5.11 Å². The van der Waals surface area contributed by atoms with Gasteiger partial charge in [-0.1, -0.05) is 22.4 Å². The molecule has 1 fully saturated rings. The van der Waals surface area contributed by atoms with Crippen LogP contribution < -0.4 is 10.6 Å². The highest BCUT2D eigenvalue weighted by Crippen LogP contribution is 2.33. The van der Waals surface area contributed by atoms with E-state index in [-0.39, 0.29) is 25.3 Å². The lowest BCUT2D eigenvalue weighted by Crippen LogP contribution is -2.48. The fraction of sp³-hybridized carbons (Fsp3) is 0.429. The zero-order valence-corrected chi connectivity index (χ0v) is 12.6. The molecule has 126 valence electrons. The van der Waals surface area contributed by atoms with E-state index >= 15 is 0 Å². The molecule has 0 spiro atoms. The van der Waals surface area contributed by atoms with Crippen molar-refractivity contribution < 1.29 is 14.7 Å². The SMILES string of the molecule is O=N[C@H]1C[C@@H](C2Nc3ccccc3N2)N(C(=O)CN=NC(=O)O)C1. The van der Waals surface area contributed by atoms with Crippen LogP contribution in [0, 0.1) is 4.91 Å². The van der Waals surface area contributed by atoms with Crippen LogP contribution >= 0.6 is 0 Å². The quantitative estimate of drug-likeness (QED) is 0.567. The highest BCUT2D eigenvalue weighted by atomic mass is 16.4. The van der Waals surface area contributed by atoms with Gasteiger partial charge in [-0.25, -0.2) is 4.79 Å². The second-order valence-electron chi connectivity index (χ2n) is 5.60. The molecule has 10 heteroatoms. The molecule has 24 heavy (non-hydrogen) atoms. The Bertz CT molecular complexity index is 669. The first-order valence-corrected chi connectivity index (χ1v) is 7.43. The smallest absolute Gasteiger partial charge is 0.449 e. The van der Waals surface area contributed by atoms with E-state index < -0.39 is 18.0 Å². The Morgan fingerprint density at radius 2 is 1.92 bits per heavy atom. The Morgan fingerprint density at radius 1 is 1.25 bits per heavy atom. The number of amides is 2. The summed E-state index contributed by atoms with van der Waals surface area (Å²) >= 11 is 0. The number of likely N-dealkylation sites (tertiary alicyclic amines) is 1. The Labute approximate surface area is 136 Å². The zero-order valence-electron chi connectivity index (χ0n) is 12.6. The maximum atomic E-state index is 12.3. The summed E-state index contributed by atoms with van der Waals surface area (Å²) in [6, 6.07) is 6.83. The van der Waals surface area contributed by atoms with Crippen LogP contribution in [0.25, 0.3) is 0 Å². The first-order valence-electron chi connectivity index (χ1n) is 7.43. The summed E-state index contributed by atoms with van der Waals surface area (Å²) in [5, 5.41) is 24.3. The zero-order chi connectivity index (χ0) is 17.1. The average molecular weight is 332 g/mol. The second kappa shape index (κ2) is 6.60. The average Bonchev–Trinajstić information content (AvgIpc) is 3.17. The topological polar surface area (TPSA) is 136 Å². The molecular weight excluding hydrogens is 316 g/mol. The van der Waals surface area contributed by atoms with Gasteiger partial charge < -0.3 is 20.6 Å². The number of carbonyl (C=O) groups is 2. The van der Waals surface area contributed by atoms with Crippen LogP contribution in [0.4, 0.5) is 16.2 Å². The number of rotatable bonds is 4. The van der Waals surface area contributed by atoms with Crippen LogP contribution in [-0.4, -0.2) is 53.3 Å². The van der Waals surface area contributed by atoms with E-state index in [1.54, 1.807) is 0 Å². The normalized spacial score (nSPS) is 22.9. The molecule has 10 nitrogen and oxygen atoms in total. The van der Waals surface area contributed by atoms with Gasteiger partial charge in [0.15, 0.2) is 0 Å². The monoisotopic (exact) mass is 332 g/mol. The number of para-hydroxylation sites is 2. The van der Waals surface area contributed by atoms with Gasteiger partial charge in [-0.15, -0.1) is 0 Å². The van der Waals surface area contributed by atoms with Crippen molar-refractivity contribution in [2.75, 3.05) is 23.7 Å². The molecular formula is C14H16N6O4. The molecule has 0 radical (unpaired) electrons. The fourth-order valence-electron chi connectivity index (χ4n) is 3.07. The van der Waals surface area contributed by atoms with E-state index in [1.165, 1.54) is 4.90 Å². The number of carboxylic acid groups (broad SMARTS) is 1. The molecule has 2 heterocycles. The summed E-state index contributed by atoms with van der Waals surface area (Å²) in [6.45, 7) is -0.195. The number of nitrogens with one attached hydrogen (secondary N) is 2. The largest absolute Gasteiger partial charge is 0.462 e. The van der Waals surface area contributed by atoms with Crippen molar-refractivity contribution in [2.45, 2.75) is 24.7 Å². The fourth-order valence-corrected chi connectivity index (χ4v) is 3.07. The summed E-state index contributed by atoms with van der Waals surface area (Å²) in [7, 11) is 0. The lowest BCUT2D eigenvalue weighted by atomic mass is 10.1. The lowest BCUT2D eigenvalue weighted by Gasteiger charge is -2.29. The van der Waals surface area contributed by atoms with Crippen LogP contribution in [0.3, 0.4) is 0 Å². The number of hydrogen-bond acceptors (Lipinski definition) is 7. The van der Waals surface area contributed by atoms with Crippen molar-refractivity contribution in [3.8, 4) is 0 Å². The van der Waals surface area contributed by atoms with Gasteiger partial charge >= 0.3 is 6.09 Å². The molecule has 2 amide bonds. The maximum Gasteiger partial charge on any atom is 0.449 e. The van der Waals surface area contributed by atoms with E-state index in [9.17, 15) is 14.5 Å². The first-order chi connectivity index (χ1) is 11.6. The van der Waals surface area contributed by atoms with Gasteiger partial charge in [0.25, 0.3) is 0 Å². The van der Waals surface area contributed by atoms with Crippen LogP contribution in [-0.2, 0) is 4.79 Å². The van der Waals surface area contributed by atoms with Crippen molar-refractivity contribution in [1.29, 1.82) is 0 Å². The van der Waals surface area contributed by atoms with Crippen LogP contribution in [0.5, 0.6) is 0 Å². The van der Waals surface area contributed by atoms with Crippen molar-refractivity contribution in [3.63, 3.8) is 0 Å². The summed E-state index contributed by atoms with van der Waals surface area (Å²) in [6.07, 6.45) is -1.29. The molecule has 0 unspecified atom stereocenters. The maximum absolute atomic E-state index is 12.3. The summed E-state index contributed by atoms with van der Waals surface area (Å²) in [4.78, 5) is 35.1. The number of fused-ring (bicyclic) bond motifs is 1. The molecule has 1 aromatic carbocycles. The third kappa shape index (κ3) is 3.16. The molecule has 0 aromatic heterocycles. The van der Waals surface area contributed by atoms with Crippen molar-refractivity contribution >= 4 is 23.4 Å². The van der Waals surface area contributed by atoms with E-state index in [0.717, 1.165) is 11.4 Å². The molecule has 3 N–H and O–H groups in total. The summed E-state index contributed by atoms with van der Waals surface area (Å²) in [5.41, 5.74) is 1.84. The standard InChI is InChI=1S/C14H16N6O4/c21-12(6-15-18-14(22)23)20-7-8(19-24)5-11(20)13-16-9-3-1-2-4-10(9)17-13/h1-4,8,11,13,16-17H,5-7H2,(H,22,23)/t8-,11-/m0/s1. The molecule has 0 aliphatic carbocycles. The van der Waals surface area contributed by atoms with Gasteiger partial charge in [0.05, 0.1) is 17.4 Å². The van der Waals surface area contributed by atoms with Gasteiger partial charge in [-0.05, 0) is 18.6 Å². The third-order valence-corrected chi connectivity index (χ3v) is 4.09. The molecule has 3 rings (SSSR count). The number of benzene rings is 1. The molecule has 2 aliphatic rings. The number of hydrogen-bond donors (Lipinski definition) is 3. The van der Waals surface area contributed by atoms with E-state index in [0.29, 0.717) is 6.42 Å². The van der Waals surface area contributed by atoms with Gasteiger partial charge in [-0.2, -0.15) is 10.0 Å². The Morgan fingerprint density at radius 3 is 2.50 bits per heavy atom. The Kier molecular flexibility index (Phi) is 4.36. The number of nitrogens with zero attached hydrogens (tertiary/aromatic N) is 4. The minimum atomic E-state index is -1.46. The van der Waals surface area contributed by atoms with Crippen molar-refractivity contribution in [3.05, 3.63) is 29.2 Å². The predicted molar refractivity (Wildman–Crippen MR) is 84.9 cm³/mol. The minimum absolute atomic E-state index is 0.186. The lowest BCUT2D eigenvalue weighted by molar-refractivity contribution is -0.130. The second-order valence-corrected chi connectivity index (χ2v) is 5.60. The van der Waals surface area contributed by atoms with Gasteiger partial charge in [-0.3, -0.25) is 4.79 Å². The highest BCUT2D eigenvalue weighted by Gasteiger charge is 2.42. The van der Waals surface area contributed by atoms with E-state index in [1.807, 2.05) is 24.3 Å². The minimum Gasteiger partial charge on any atom is -0.462 e. The van der Waals surface area contributed by atoms with Crippen molar-refractivity contribution in [2.24, 2.45) is 15.4 Å². The predicted octanol–water partition coefficient (Wildman–Crippen LogP) is 1.72. The summed E-state index contributed by atoms with van der Waals surface area (Å²) in [5.74, 6) is -0.393. The van der Waals surface area contributed by atoms with Gasteiger partial charge in [0.1, 0.15) is 18.8 Å². The number of anilines is 2. The molecule has 2 aliphatic heterocycles. The van der Waals surface area contributed by atoms with Crippen LogP contribution in [0.1, 0.15) is 6.42 Å². The molecule has 0 saturated carbocycles. The molecule has 1 aromatic rings. The molecule has 2 atom stereocenters. The molecule has 1 saturated heterocycles. The Balaban J connectivity index is 1.72. The number of nitroso groups, excluding NO2 is 1. The van der Waals surface area contributed by atoms with Crippen LogP contribution in [0.2, 0.25) is 0 Å².